The molecule has 1 aromatic rings. The second-order valence-electron chi connectivity index (χ2n) is 3.05. The zero-order valence-electron chi connectivity index (χ0n) is 10.2. The molecule has 0 aliphatic heterocycles. The molecule has 1 aromatic carbocycles. The van der Waals surface area contributed by atoms with Crippen LogP contribution in [0.4, 0.5) is 9.59 Å². The lowest BCUT2D eigenvalue weighted by Crippen LogP contribution is -2.11. The molecule has 0 fully saturated rings. The number of rotatable bonds is 4. The summed E-state index contributed by atoms with van der Waals surface area (Å²) in [5.41, 5.74) is 0. The topological polar surface area (TPSA) is 71.1 Å². The summed E-state index contributed by atoms with van der Waals surface area (Å²) in [5, 5.41) is 0. The lowest BCUT2D eigenvalue weighted by molar-refractivity contribution is 0.103. The smallest absolute Gasteiger partial charge is 0.434 e. The molecule has 0 N–H and O–H groups in total. The van der Waals surface area contributed by atoms with Gasteiger partial charge in [0, 0.05) is 6.07 Å². The van der Waals surface area contributed by atoms with Gasteiger partial charge in [-0.2, -0.15) is 0 Å². The van der Waals surface area contributed by atoms with Crippen molar-refractivity contribution in [2.75, 3.05) is 13.2 Å². The summed E-state index contributed by atoms with van der Waals surface area (Å²) >= 11 is 0. The van der Waals surface area contributed by atoms with Crippen LogP contribution in [0.1, 0.15) is 13.8 Å². The van der Waals surface area contributed by atoms with E-state index in [9.17, 15) is 9.59 Å². The van der Waals surface area contributed by atoms with E-state index in [4.69, 9.17) is 9.47 Å². The number of ether oxygens (including phenoxy) is 4. The molecule has 0 spiro atoms. The quantitative estimate of drug-likeness (QED) is 0.607. The summed E-state index contributed by atoms with van der Waals surface area (Å²) in [6.07, 6.45) is -1.63. The third-order valence-electron chi connectivity index (χ3n) is 1.73. The number of carbonyl (C=O) groups excluding carboxylic acids is 2. The maximum absolute atomic E-state index is 11.1. The van der Waals surface area contributed by atoms with Gasteiger partial charge in [-0.1, -0.05) is 6.07 Å². The predicted molar refractivity (Wildman–Crippen MR) is 61.7 cm³/mol. The van der Waals surface area contributed by atoms with E-state index in [2.05, 4.69) is 9.47 Å². The van der Waals surface area contributed by atoms with Crippen LogP contribution < -0.4 is 9.47 Å². The van der Waals surface area contributed by atoms with Crippen molar-refractivity contribution in [2.45, 2.75) is 13.8 Å². The van der Waals surface area contributed by atoms with E-state index in [0.29, 0.717) is 0 Å². The monoisotopic (exact) mass is 254 g/mol. The van der Waals surface area contributed by atoms with Crippen LogP contribution >= 0.6 is 0 Å². The summed E-state index contributed by atoms with van der Waals surface area (Å²) in [4.78, 5) is 22.1. The molecule has 0 amide bonds. The van der Waals surface area contributed by atoms with Gasteiger partial charge in [-0.25, -0.2) is 9.59 Å². The van der Waals surface area contributed by atoms with Crippen molar-refractivity contribution in [1.29, 1.82) is 0 Å². The summed E-state index contributed by atoms with van der Waals surface area (Å²) in [7, 11) is 0. The standard InChI is InChI=1S/C12H14O6/c1-3-15-11(13)17-9-6-5-7-10(8-9)18-12(14)16-4-2/h5-8H,3-4H2,1-2H3. The zero-order chi connectivity index (χ0) is 13.4. The molecule has 1 rings (SSSR count). The van der Waals surface area contributed by atoms with Gasteiger partial charge in [-0.15, -0.1) is 0 Å². The summed E-state index contributed by atoms with van der Waals surface area (Å²) in [6.45, 7) is 3.78. The summed E-state index contributed by atoms with van der Waals surface area (Å²) < 4.78 is 18.9. The molecule has 0 aromatic heterocycles. The van der Waals surface area contributed by atoms with Gasteiger partial charge in [0.05, 0.1) is 13.2 Å². The first-order valence-electron chi connectivity index (χ1n) is 5.45. The molecule has 18 heavy (non-hydrogen) atoms. The Balaban J connectivity index is 2.61. The number of hydrogen-bond acceptors (Lipinski definition) is 6. The number of hydrogen-bond donors (Lipinski definition) is 0. The molecular weight excluding hydrogens is 240 g/mol. The van der Waals surface area contributed by atoms with E-state index >= 15 is 0 Å². The minimum atomic E-state index is -0.814. The maximum atomic E-state index is 11.1. The molecule has 0 aliphatic carbocycles. The van der Waals surface area contributed by atoms with Gasteiger partial charge in [0.2, 0.25) is 0 Å². The molecular formula is C12H14O6. The minimum Gasteiger partial charge on any atom is -0.434 e. The van der Waals surface area contributed by atoms with E-state index in [1.165, 1.54) is 18.2 Å². The fraction of sp³-hybridized carbons (Fsp3) is 0.333. The second kappa shape index (κ2) is 7.16. The molecule has 0 saturated heterocycles. The average Bonchev–Trinajstić information content (AvgIpc) is 2.29. The van der Waals surface area contributed by atoms with Gasteiger partial charge in [-0.3, -0.25) is 0 Å². The van der Waals surface area contributed by atoms with Crippen molar-refractivity contribution >= 4 is 12.3 Å². The predicted octanol–water partition coefficient (Wildman–Crippen LogP) is 2.76. The third kappa shape index (κ3) is 4.73. The first-order valence-corrected chi connectivity index (χ1v) is 5.45. The second-order valence-corrected chi connectivity index (χ2v) is 3.05. The van der Waals surface area contributed by atoms with Crippen molar-refractivity contribution in [3.8, 4) is 11.5 Å². The molecule has 0 radical (unpaired) electrons. The summed E-state index contributed by atoms with van der Waals surface area (Å²) in [5.74, 6) is 0.436. The van der Waals surface area contributed by atoms with Crippen molar-refractivity contribution < 1.29 is 28.5 Å². The van der Waals surface area contributed by atoms with Gasteiger partial charge >= 0.3 is 12.3 Å². The van der Waals surface area contributed by atoms with Gasteiger partial charge in [0.15, 0.2) is 0 Å². The Kier molecular flexibility index (Phi) is 5.50. The molecule has 0 atom stereocenters. The van der Waals surface area contributed by atoms with E-state index < -0.39 is 12.3 Å². The Morgan fingerprint density at radius 1 is 0.944 bits per heavy atom. The van der Waals surface area contributed by atoms with E-state index in [1.807, 2.05) is 0 Å². The van der Waals surface area contributed by atoms with Crippen LogP contribution in [0.3, 0.4) is 0 Å². The molecule has 98 valence electrons. The van der Waals surface area contributed by atoms with E-state index in [0.717, 1.165) is 0 Å². The first kappa shape index (κ1) is 13.8. The number of benzene rings is 1. The molecule has 6 nitrogen and oxygen atoms in total. The highest BCUT2D eigenvalue weighted by Crippen LogP contribution is 2.20. The highest BCUT2D eigenvalue weighted by Gasteiger charge is 2.08. The van der Waals surface area contributed by atoms with Gasteiger partial charge in [0.25, 0.3) is 0 Å². The largest absolute Gasteiger partial charge is 0.513 e. The van der Waals surface area contributed by atoms with Crippen molar-refractivity contribution in [3.63, 3.8) is 0 Å². The Bertz CT molecular complexity index is 380. The molecule has 0 aliphatic rings. The van der Waals surface area contributed by atoms with Crippen molar-refractivity contribution in [1.82, 2.24) is 0 Å². The van der Waals surface area contributed by atoms with Gasteiger partial charge in [0.1, 0.15) is 11.5 Å². The molecule has 0 heterocycles. The summed E-state index contributed by atoms with van der Waals surface area (Å²) in [6, 6.07) is 6.03. The maximum Gasteiger partial charge on any atom is 0.513 e. The Morgan fingerprint density at radius 3 is 1.78 bits per heavy atom. The highest BCUT2D eigenvalue weighted by atomic mass is 16.7. The van der Waals surface area contributed by atoms with Crippen LogP contribution in [0.15, 0.2) is 24.3 Å². The molecule has 6 heteroatoms. The normalized spacial score (nSPS) is 9.44. The van der Waals surface area contributed by atoms with Crippen LogP contribution in [-0.4, -0.2) is 25.5 Å². The fourth-order valence-electron chi connectivity index (χ4n) is 1.09. The van der Waals surface area contributed by atoms with Crippen LogP contribution in [0, 0.1) is 0 Å². The zero-order valence-corrected chi connectivity index (χ0v) is 10.2. The Labute approximate surface area is 104 Å². The third-order valence-corrected chi connectivity index (χ3v) is 1.73. The Hall–Kier alpha value is -2.24. The highest BCUT2D eigenvalue weighted by molar-refractivity contribution is 5.66. The van der Waals surface area contributed by atoms with E-state index in [-0.39, 0.29) is 24.7 Å². The van der Waals surface area contributed by atoms with Crippen LogP contribution in [0.2, 0.25) is 0 Å². The molecule has 0 unspecified atom stereocenters. The van der Waals surface area contributed by atoms with Crippen molar-refractivity contribution in [2.24, 2.45) is 0 Å². The number of carbonyl (C=O) groups is 2. The average molecular weight is 254 g/mol. The van der Waals surface area contributed by atoms with Gasteiger partial charge in [-0.05, 0) is 26.0 Å². The van der Waals surface area contributed by atoms with Crippen molar-refractivity contribution in [3.05, 3.63) is 24.3 Å². The lowest BCUT2D eigenvalue weighted by atomic mass is 10.3. The fourth-order valence-corrected chi connectivity index (χ4v) is 1.09. The lowest BCUT2D eigenvalue weighted by Gasteiger charge is -2.06. The minimum absolute atomic E-state index is 0.218. The first-order chi connectivity index (χ1) is 8.65. The van der Waals surface area contributed by atoms with Crippen LogP contribution in [0.5, 0.6) is 11.5 Å². The molecule has 0 bridgehead atoms. The van der Waals surface area contributed by atoms with Crippen LogP contribution in [0.25, 0.3) is 0 Å². The van der Waals surface area contributed by atoms with Crippen LogP contribution in [-0.2, 0) is 9.47 Å². The van der Waals surface area contributed by atoms with E-state index in [1.54, 1.807) is 19.9 Å². The Morgan fingerprint density at radius 2 is 1.39 bits per heavy atom. The molecule has 0 saturated carbocycles. The van der Waals surface area contributed by atoms with Gasteiger partial charge < -0.3 is 18.9 Å². The SMILES string of the molecule is CCOC(=O)Oc1cccc(OC(=O)OCC)c1.